The van der Waals surface area contributed by atoms with E-state index in [1.54, 1.807) is 0 Å². The quantitative estimate of drug-likeness (QED) is 0.501. The average Bonchev–Trinajstić information content (AvgIpc) is 1.50. The molecule has 0 unspecified atom stereocenters. The Kier molecular flexibility index (Phi) is 155. The second kappa shape index (κ2) is 40.8. The Bertz CT molecular complexity index is 11.5. The fraction of sp³-hybridized carbons (Fsp3) is 0. The maximum absolute atomic E-state index is 8.39. The van der Waals surface area contributed by atoms with E-state index in [4.69, 9.17) is 0.938 Å². The molecular weight excluding hydrogens is 388 g/mol. The van der Waals surface area contributed by atoms with E-state index in [0.717, 1.165) is 0 Å². The van der Waals surface area contributed by atoms with Gasteiger partial charge in [0.1, 0.15) is 0 Å². The van der Waals surface area contributed by atoms with Crippen molar-refractivity contribution >= 4 is 23.1 Å². The zero-order valence-corrected chi connectivity index (χ0v) is 12.3. The first-order valence-corrected chi connectivity index (χ1v) is 7.32. The summed E-state index contributed by atoms with van der Waals surface area (Å²) in [7, 11) is 0. The van der Waals surface area contributed by atoms with Gasteiger partial charge in [-0.05, 0) is 0 Å². The van der Waals surface area contributed by atoms with Crippen molar-refractivity contribution in [2.75, 3.05) is 0 Å². The van der Waals surface area contributed by atoms with Crippen LogP contribution in [0.3, 0.4) is 0 Å². The fourth-order valence-electron chi connectivity index (χ4n) is 0. The van der Waals surface area contributed by atoms with Gasteiger partial charge in [-0.25, -0.2) is 0 Å². The number of rotatable bonds is 0. The second-order valence-electron chi connectivity index (χ2n) is 0. The number of hydrogen-bond donors (Lipinski definition) is 0. The van der Waals surface area contributed by atoms with E-state index in [2.05, 4.69) is 0 Å². The molecule has 0 heterocycles. The summed E-state index contributed by atoms with van der Waals surface area (Å²) < 4.78 is 8.39. The fourth-order valence-corrected chi connectivity index (χ4v) is 0. The van der Waals surface area contributed by atoms with Crippen LogP contribution in [-0.2, 0) is 34.6 Å². The summed E-state index contributed by atoms with van der Waals surface area (Å²) in [6.45, 7) is 0. The van der Waals surface area contributed by atoms with Crippen molar-refractivity contribution in [3.05, 3.63) is 0 Å². The average molecular weight is 390 g/mol. The summed E-state index contributed by atoms with van der Waals surface area (Å²) in [5.74, 6) is 0. The molecule has 0 saturated heterocycles. The summed E-state index contributed by atoms with van der Waals surface area (Å²) in [6.07, 6.45) is 0. The van der Waals surface area contributed by atoms with Crippen molar-refractivity contribution in [3.8, 4) is 0 Å². The SMILES string of the molecule is [MgH+].[Mo][Mo].[OH-].[O]=[Ce]. The summed E-state index contributed by atoms with van der Waals surface area (Å²) in [4.78, 5) is 0. The number of hydrogen-bond acceptors (Lipinski definition) is 2. The van der Waals surface area contributed by atoms with Crippen LogP contribution in [0.15, 0.2) is 0 Å². The molecule has 0 bridgehead atoms. The molecule has 0 aliphatic carbocycles. The van der Waals surface area contributed by atoms with Crippen LogP contribution in [0.1, 0.15) is 0 Å². The van der Waals surface area contributed by atoms with Gasteiger partial charge in [0.05, 0.1) is 0 Å². The molecule has 0 spiro atoms. The molecule has 1 N–H and O–H groups in total. The standard InChI is InChI=1S/Ce.Mg.2Mo.H2O.O.H/h;;;;1H2;;/q;+1;;;;;/p-1. The van der Waals surface area contributed by atoms with Gasteiger partial charge < -0.3 is 5.48 Å². The van der Waals surface area contributed by atoms with Crippen LogP contribution < -0.4 is 0 Å². The predicted molar refractivity (Wildman–Crippen MR) is 9.77 cm³/mol. The van der Waals surface area contributed by atoms with Crippen molar-refractivity contribution in [1.82, 2.24) is 0 Å². The van der Waals surface area contributed by atoms with Gasteiger partial charge >= 0.3 is 97.4 Å². The van der Waals surface area contributed by atoms with Gasteiger partial charge in [0.2, 0.25) is 0 Å². The van der Waals surface area contributed by atoms with Gasteiger partial charge in [0.25, 0.3) is 0 Å². The third-order valence-electron chi connectivity index (χ3n) is 0. The summed E-state index contributed by atoms with van der Waals surface area (Å²) in [5.41, 5.74) is 0. The van der Waals surface area contributed by atoms with Gasteiger partial charge in [-0.3, -0.25) is 0 Å². The predicted octanol–water partition coefficient (Wildman–Crippen LogP) is -0.949. The van der Waals surface area contributed by atoms with E-state index >= 15 is 0 Å². The Hall–Kier alpha value is 3.28. The van der Waals surface area contributed by atoms with E-state index in [0.29, 0.717) is 0 Å². The van der Waals surface area contributed by atoms with Gasteiger partial charge in [-0.15, -0.1) is 0 Å². The molecular formula is H2CeMgMo2O2. The van der Waals surface area contributed by atoms with Crippen LogP contribution in [0.5, 0.6) is 0 Å². The van der Waals surface area contributed by atoms with Crippen LogP contribution >= 0.6 is 0 Å². The van der Waals surface area contributed by atoms with Crippen molar-refractivity contribution < 1.29 is 79.8 Å². The molecule has 0 aromatic heterocycles. The molecule has 0 atom stereocenters. The second-order valence-corrected chi connectivity index (χ2v) is 0. The van der Waals surface area contributed by atoms with Crippen LogP contribution in [0.2, 0.25) is 0 Å². The Morgan fingerprint density at radius 3 is 1.17 bits per heavy atom. The normalized spacial score (nSPS) is 1.17. The summed E-state index contributed by atoms with van der Waals surface area (Å²) in [5, 5.41) is 0. The molecule has 0 radical (unpaired) electrons. The van der Waals surface area contributed by atoms with Gasteiger partial charge in [-0.2, -0.15) is 0 Å². The molecule has 6 heteroatoms. The van der Waals surface area contributed by atoms with Crippen molar-refractivity contribution in [2.24, 2.45) is 0 Å². The molecule has 32 valence electrons. The summed E-state index contributed by atoms with van der Waals surface area (Å²) >= 11 is 3.98. The van der Waals surface area contributed by atoms with Gasteiger partial charge in [0.15, 0.2) is 0 Å². The maximum atomic E-state index is 8.39. The Labute approximate surface area is 100 Å². The molecule has 0 aromatic rings. The van der Waals surface area contributed by atoms with Crippen molar-refractivity contribution in [1.29, 1.82) is 0 Å². The molecule has 0 aromatic carbocycles. The Morgan fingerprint density at radius 2 is 1.17 bits per heavy atom. The minimum absolute atomic E-state index is 0. The monoisotopic (exact) mass is 394 g/mol. The van der Waals surface area contributed by atoms with E-state index in [1.807, 2.05) is 33.6 Å². The molecule has 2 nitrogen and oxygen atoms in total. The van der Waals surface area contributed by atoms with Crippen molar-refractivity contribution in [2.45, 2.75) is 0 Å². The third-order valence-corrected chi connectivity index (χ3v) is 0. The molecule has 0 fully saturated rings. The Balaban J connectivity index is -0.00000000500. The first-order valence-electron chi connectivity index (χ1n) is 0.371. The molecule has 6 heavy (non-hydrogen) atoms. The van der Waals surface area contributed by atoms with Crippen LogP contribution in [0.25, 0.3) is 0 Å². The molecule has 0 amide bonds. The van der Waals surface area contributed by atoms with E-state index in [-0.39, 0.29) is 68.3 Å². The van der Waals surface area contributed by atoms with Crippen molar-refractivity contribution in [3.63, 3.8) is 0 Å². The zero-order valence-electron chi connectivity index (χ0n) is 3.17. The third kappa shape index (κ3) is 26.7. The zero-order chi connectivity index (χ0) is 4.00. The molecule has 0 aliphatic rings. The first kappa shape index (κ1) is 22.8. The molecule has 0 rings (SSSR count). The minimum atomic E-state index is 0. The van der Waals surface area contributed by atoms with E-state index in [1.165, 1.54) is 0 Å². The first-order chi connectivity index (χ1) is 2.00. The Morgan fingerprint density at radius 1 is 1.17 bits per heavy atom. The van der Waals surface area contributed by atoms with Crippen LogP contribution in [0, 0.1) is 39.8 Å². The van der Waals surface area contributed by atoms with Crippen LogP contribution in [-0.4, -0.2) is 28.5 Å². The van der Waals surface area contributed by atoms with E-state index < -0.39 is 0 Å². The van der Waals surface area contributed by atoms with Gasteiger partial charge in [0, 0.05) is 0 Å². The van der Waals surface area contributed by atoms with Gasteiger partial charge in [-0.1, -0.05) is 0 Å². The van der Waals surface area contributed by atoms with Crippen LogP contribution in [0.4, 0.5) is 0 Å². The van der Waals surface area contributed by atoms with E-state index in [9.17, 15) is 0 Å². The molecule has 0 saturated carbocycles. The topological polar surface area (TPSA) is 47.1 Å². The molecule has 0 aliphatic heterocycles. The summed E-state index contributed by atoms with van der Waals surface area (Å²) in [6, 6.07) is 0.